The minimum Gasteiger partial charge on any atom is -0.480 e. The van der Waals surface area contributed by atoms with E-state index in [4.69, 9.17) is 0 Å². The summed E-state index contributed by atoms with van der Waals surface area (Å²) in [5.74, 6) is -0.851. The number of nitrogens with one attached hydrogen (secondary N) is 1. The van der Waals surface area contributed by atoms with Gasteiger partial charge in [-0.1, -0.05) is 30.3 Å². The van der Waals surface area contributed by atoms with E-state index in [9.17, 15) is 9.90 Å². The van der Waals surface area contributed by atoms with E-state index < -0.39 is 12.0 Å². The van der Waals surface area contributed by atoms with Gasteiger partial charge in [0.15, 0.2) is 0 Å². The Labute approximate surface area is 109 Å². The van der Waals surface area contributed by atoms with Gasteiger partial charge in [-0.25, -0.2) is 0 Å². The number of benzene rings is 1. The van der Waals surface area contributed by atoms with Crippen LogP contribution in [0.3, 0.4) is 0 Å². The average Bonchev–Trinajstić information content (AvgIpc) is 2.29. The first-order valence-corrected chi connectivity index (χ1v) is 6.03. The molecule has 18 heavy (non-hydrogen) atoms. The zero-order valence-electron chi connectivity index (χ0n) is 11.5. The number of nitrogens with zero attached hydrogens (tertiary/aromatic N) is 1. The fraction of sp³-hybridized carbons (Fsp3) is 0.500. The van der Waals surface area contributed by atoms with Gasteiger partial charge in [0.2, 0.25) is 0 Å². The highest BCUT2D eigenvalue weighted by atomic mass is 16.4. The summed E-state index contributed by atoms with van der Waals surface area (Å²) in [5.41, 5.74) is 0.683. The standard InChI is InChI=1S/C14H22N2O2/c1-14(2,16(3)4)10-15-12(13(17)18)11-8-6-5-7-9-11/h5-9,12,15H,10H2,1-4H3,(H,17,18). The van der Waals surface area contributed by atoms with Gasteiger partial charge in [0.05, 0.1) is 0 Å². The lowest BCUT2D eigenvalue weighted by molar-refractivity contribution is -0.139. The third kappa shape index (κ3) is 3.82. The monoisotopic (exact) mass is 250 g/mol. The van der Waals surface area contributed by atoms with Crippen LogP contribution in [0, 0.1) is 0 Å². The quantitative estimate of drug-likeness (QED) is 0.807. The lowest BCUT2D eigenvalue weighted by Crippen LogP contribution is -2.48. The molecule has 1 atom stereocenters. The lowest BCUT2D eigenvalue weighted by atomic mass is 10.0. The second-order valence-corrected chi connectivity index (χ2v) is 5.27. The molecule has 0 fully saturated rings. The molecule has 0 saturated heterocycles. The molecule has 0 bridgehead atoms. The summed E-state index contributed by atoms with van der Waals surface area (Å²) < 4.78 is 0. The fourth-order valence-electron chi connectivity index (χ4n) is 1.50. The largest absolute Gasteiger partial charge is 0.480 e. The molecule has 0 heterocycles. The van der Waals surface area contributed by atoms with Crippen LogP contribution in [-0.4, -0.2) is 42.2 Å². The number of carbonyl (C=O) groups is 1. The Balaban J connectivity index is 2.75. The number of aliphatic carboxylic acids is 1. The van der Waals surface area contributed by atoms with Crippen molar-refractivity contribution in [2.75, 3.05) is 20.6 Å². The molecule has 4 heteroatoms. The number of hydrogen-bond donors (Lipinski definition) is 2. The lowest BCUT2D eigenvalue weighted by Gasteiger charge is -2.34. The molecule has 1 aromatic carbocycles. The maximum atomic E-state index is 11.3. The molecule has 0 spiro atoms. The van der Waals surface area contributed by atoms with Crippen LogP contribution in [0.25, 0.3) is 0 Å². The minimum atomic E-state index is -0.851. The highest BCUT2D eigenvalue weighted by Gasteiger charge is 2.25. The first-order valence-electron chi connectivity index (χ1n) is 6.03. The molecule has 2 N–H and O–H groups in total. The van der Waals surface area contributed by atoms with Crippen molar-refractivity contribution in [1.82, 2.24) is 10.2 Å². The van der Waals surface area contributed by atoms with Crippen LogP contribution in [0.4, 0.5) is 0 Å². The highest BCUT2D eigenvalue weighted by molar-refractivity contribution is 5.75. The van der Waals surface area contributed by atoms with Gasteiger partial charge < -0.3 is 10.0 Å². The minimum absolute atomic E-state index is 0.0948. The van der Waals surface area contributed by atoms with Gasteiger partial charge >= 0.3 is 5.97 Å². The van der Waals surface area contributed by atoms with E-state index in [1.165, 1.54) is 0 Å². The summed E-state index contributed by atoms with van der Waals surface area (Å²) in [4.78, 5) is 13.4. The number of carboxylic acids is 1. The summed E-state index contributed by atoms with van der Waals surface area (Å²) in [5, 5.41) is 12.4. The van der Waals surface area contributed by atoms with Crippen molar-refractivity contribution in [2.45, 2.75) is 25.4 Å². The zero-order valence-corrected chi connectivity index (χ0v) is 11.5. The normalized spacial score (nSPS) is 13.6. The van der Waals surface area contributed by atoms with E-state index in [-0.39, 0.29) is 5.54 Å². The van der Waals surface area contributed by atoms with Gasteiger partial charge in [-0.05, 0) is 33.5 Å². The summed E-state index contributed by atoms with van der Waals surface area (Å²) in [6.45, 7) is 4.75. The first-order chi connectivity index (χ1) is 8.34. The van der Waals surface area contributed by atoms with Crippen molar-refractivity contribution in [3.8, 4) is 0 Å². The predicted octanol–water partition coefficient (Wildman–Crippen LogP) is 1.74. The van der Waals surface area contributed by atoms with E-state index in [2.05, 4.69) is 24.1 Å². The number of rotatable bonds is 6. The maximum absolute atomic E-state index is 11.3. The van der Waals surface area contributed by atoms with Gasteiger partial charge in [-0.3, -0.25) is 10.1 Å². The smallest absolute Gasteiger partial charge is 0.325 e. The Morgan fingerprint density at radius 1 is 1.33 bits per heavy atom. The van der Waals surface area contributed by atoms with Gasteiger partial charge in [0.1, 0.15) is 6.04 Å². The van der Waals surface area contributed by atoms with Crippen LogP contribution in [0.5, 0.6) is 0 Å². The van der Waals surface area contributed by atoms with E-state index in [0.717, 1.165) is 5.56 Å². The Hall–Kier alpha value is -1.39. The molecule has 1 rings (SSSR count). The van der Waals surface area contributed by atoms with Crippen molar-refractivity contribution < 1.29 is 9.90 Å². The number of likely N-dealkylation sites (N-methyl/N-ethyl adjacent to an activating group) is 1. The molecule has 1 unspecified atom stereocenters. The van der Waals surface area contributed by atoms with Crippen LogP contribution in [0.1, 0.15) is 25.5 Å². The van der Waals surface area contributed by atoms with Crippen molar-refractivity contribution in [3.05, 3.63) is 35.9 Å². The van der Waals surface area contributed by atoms with Crippen LogP contribution in [-0.2, 0) is 4.79 Å². The van der Waals surface area contributed by atoms with Crippen molar-refractivity contribution in [2.24, 2.45) is 0 Å². The second kappa shape index (κ2) is 5.98. The average molecular weight is 250 g/mol. The summed E-state index contributed by atoms with van der Waals surface area (Å²) in [6, 6.07) is 8.58. The highest BCUT2D eigenvalue weighted by Crippen LogP contribution is 2.15. The molecule has 0 aromatic heterocycles. The molecular weight excluding hydrogens is 228 g/mol. The van der Waals surface area contributed by atoms with Gasteiger partial charge in [0.25, 0.3) is 0 Å². The third-order valence-electron chi connectivity index (χ3n) is 3.33. The van der Waals surface area contributed by atoms with E-state index in [0.29, 0.717) is 6.54 Å². The summed E-state index contributed by atoms with van der Waals surface area (Å²) >= 11 is 0. The molecule has 100 valence electrons. The SMILES string of the molecule is CN(C)C(C)(C)CNC(C(=O)O)c1ccccc1. The summed E-state index contributed by atoms with van der Waals surface area (Å²) in [7, 11) is 3.97. The van der Waals surface area contributed by atoms with E-state index >= 15 is 0 Å². The molecule has 0 aliphatic carbocycles. The van der Waals surface area contributed by atoms with Crippen LogP contribution < -0.4 is 5.32 Å². The summed E-state index contributed by atoms with van der Waals surface area (Å²) in [6.07, 6.45) is 0. The Morgan fingerprint density at radius 2 is 1.89 bits per heavy atom. The Kier molecular flexibility index (Phi) is 4.87. The Morgan fingerprint density at radius 3 is 2.33 bits per heavy atom. The number of carboxylic acid groups (broad SMARTS) is 1. The van der Waals surface area contributed by atoms with Crippen LogP contribution in [0.2, 0.25) is 0 Å². The van der Waals surface area contributed by atoms with Crippen molar-refractivity contribution in [1.29, 1.82) is 0 Å². The molecular formula is C14H22N2O2. The van der Waals surface area contributed by atoms with Crippen LogP contribution >= 0.6 is 0 Å². The van der Waals surface area contributed by atoms with Crippen molar-refractivity contribution in [3.63, 3.8) is 0 Å². The predicted molar refractivity (Wildman–Crippen MR) is 72.6 cm³/mol. The molecule has 0 amide bonds. The number of hydrogen-bond acceptors (Lipinski definition) is 3. The molecule has 0 aliphatic heterocycles. The van der Waals surface area contributed by atoms with Gasteiger partial charge in [0, 0.05) is 12.1 Å². The molecule has 0 saturated carbocycles. The molecule has 4 nitrogen and oxygen atoms in total. The molecule has 0 radical (unpaired) electrons. The third-order valence-corrected chi connectivity index (χ3v) is 3.33. The fourth-order valence-corrected chi connectivity index (χ4v) is 1.50. The molecule has 1 aromatic rings. The zero-order chi connectivity index (χ0) is 13.8. The second-order valence-electron chi connectivity index (χ2n) is 5.27. The van der Waals surface area contributed by atoms with E-state index in [1.54, 1.807) is 0 Å². The first kappa shape index (κ1) is 14.7. The Bertz CT molecular complexity index is 388. The van der Waals surface area contributed by atoms with Gasteiger partial charge in [-0.15, -0.1) is 0 Å². The van der Waals surface area contributed by atoms with Crippen molar-refractivity contribution >= 4 is 5.97 Å². The van der Waals surface area contributed by atoms with Gasteiger partial charge in [-0.2, -0.15) is 0 Å². The van der Waals surface area contributed by atoms with E-state index in [1.807, 2.05) is 44.4 Å². The topological polar surface area (TPSA) is 52.6 Å². The maximum Gasteiger partial charge on any atom is 0.325 e. The van der Waals surface area contributed by atoms with Crippen LogP contribution in [0.15, 0.2) is 30.3 Å². The molecule has 0 aliphatic rings.